The van der Waals surface area contributed by atoms with Gasteiger partial charge in [-0.15, -0.1) is 0 Å². The van der Waals surface area contributed by atoms with Crippen LogP contribution in [0.15, 0.2) is 36.7 Å². The third kappa shape index (κ3) is 2.34. The Labute approximate surface area is 94.1 Å². The van der Waals surface area contributed by atoms with Crippen LogP contribution in [0.4, 0.5) is 0 Å². The van der Waals surface area contributed by atoms with Gasteiger partial charge in [0.1, 0.15) is 5.75 Å². The average Bonchev–Trinajstić information content (AvgIpc) is 2.65. The molecule has 1 aromatic carbocycles. The summed E-state index contributed by atoms with van der Waals surface area (Å²) in [5.74, 6) is 0.942. The van der Waals surface area contributed by atoms with E-state index in [4.69, 9.17) is 4.74 Å². The van der Waals surface area contributed by atoms with Gasteiger partial charge in [-0.3, -0.25) is 0 Å². The number of aromatic nitrogens is 2. The molecule has 0 amide bonds. The number of ether oxygens (including phenoxy) is 1. The summed E-state index contributed by atoms with van der Waals surface area (Å²) in [6.45, 7) is 3.93. The lowest BCUT2D eigenvalue weighted by Crippen LogP contribution is -2.04. The minimum absolute atomic E-state index is 0.127. The smallest absolute Gasteiger partial charge is 0.158 e. The number of hydrogen-bond acceptors (Lipinski definition) is 3. The maximum atomic E-state index is 9.35. The van der Waals surface area contributed by atoms with Gasteiger partial charge in [-0.05, 0) is 26.0 Å². The van der Waals surface area contributed by atoms with Gasteiger partial charge in [0.25, 0.3) is 0 Å². The minimum atomic E-state index is 0.127. The lowest BCUT2D eigenvalue weighted by Gasteiger charge is -2.05. The first-order valence-electron chi connectivity index (χ1n) is 5.16. The van der Waals surface area contributed by atoms with Gasteiger partial charge < -0.3 is 9.84 Å². The van der Waals surface area contributed by atoms with Crippen LogP contribution in [0.3, 0.4) is 0 Å². The second kappa shape index (κ2) is 4.26. The molecule has 0 fully saturated rings. The van der Waals surface area contributed by atoms with Crippen molar-refractivity contribution in [3.63, 3.8) is 0 Å². The Hall–Kier alpha value is -1.97. The van der Waals surface area contributed by atoms with Gasteiger partial charge in [0.15, 0.2) is 5.75 Å². The summed E-state index contributed by atoms with van der Waals surface area (Å²) in [7, 11) is 0. The predicted octanol–water partition coefficient (Wildman–Crippen LogP) is 2.37. The van der Waals surface area contributed by atoms with Gasteiger partial charge in [0, 0.05) is 6.07 Å². The number of rotatable bonds is 3. The normalized spacial score (nSPS) is 10.7. The fourth-order valence-corrected chi connectivity index (χ4v) is 1.42. The molecule has 2 rings (SSSR count). The van der Waals surface area contributed by atoms with Gasteiger partial charge in [0.2, 0.25) is 0 Å². The van der Waals surface area contributed by atoms with E-state index in [0.29, 0.717) is 0 Å². The SMILES string of the molecule is CC(C)Oc1cnn(-c2cccc(O)c2)c1. The Morgan fingerprint density at radius 1 is 1.38 bits per heavy atom. The highest BCUT2D eigenvalue weighted by Crippen LogP contribution is 2.18. The third-order valence-corrected chi connectivity index (χ3v) is 2.02. The zero-order valence-corrected chi connectivity index (χ0v) is 9.29. The van der Waals surface area contributed by atoms with Crippen molar-refractivity contribution < 1.29 is 9.84 Å². The van der Waals surface area contributed by atoms with Crippen molar-refractivity contribution in [1.82, 2.24) is 9.78 Å². The van der Waals surface area contributed by atoms with Crippen molar-refractivity contribution in [2.45, 2.75) is 20.0 Å². The summed E-state index contributed by atoms with van der Waals surface area (Å²) in [6, 6.07) is 6.91. The second-order valence-electron chi connectivity index (χ2n) is 3.81. The van der Waals surface area contributed by atoms with Crippen LogP contribution in [0.5, 0.6) is 11.5 Å². The lowest BCUT2D eigenvalue weighted by atomic mass is 10.3. The molecule has 1 N–H and O–H groups in total. The van der Waals surface area contributed by atoms with E-state index < -0.39 is 0 Å². The van der Waals surface area contributed by atoms with Gasteiger partial charge in [-0.25, -0.2) is 4.68 Å². The van der Waals surface area contributed by atoms with Crippen LogP contribution in [0.25, 0.3) is 5.69 Å². The van der Waals surface area contributed by atoms with Crippen molar-refractivity contribution in [3.8, 4) is 17.2 Å². The zero-order chi connectivity index (χ0) is 11.5. The fraction of sp³-hybridized carbons (Fsp3) is 0.250. The molecule has 0 aliphatic rings. The molecule has 1 aromatic heterocycles. The Bertz CT molecular complexity index is 477. The summed E-state index contributed by atoms with van der Waals surface area (Å²) in [6.07, 6.45) is 3.57. The molecule has 0 saturated heterocycles. The largest absolute Gasteiger partial charge is 0.508 e. The van der Waals surface area contributed by atoms with Crippen LogP contribution < -0.4 is 4.74 Å². The van der Waals surface area contributed by atoms with E-state index in [0.717, 1.165) is 11.4 Å². The second-order valence-corrected chi connectivity index (χ2v) is 3.81. The fourth-order valence-electron chi connectivity index (χ4n) is 1.42. The van der Waals surface area contributed by atoms with Crippen molar-refractivity contribution in [2.24, 2.45) is 0 Å². The monoisotopic (exact) mass is 218 g/mol. The van der Waals surface area contributed by atoms with Crippen LogP contribution >= 0.6 is 0 Å². The van der Waals surface area contributed by atoms with E-state index in [2.05, 4.69) is 5.10 Å². The first kappa shape index (κ1) is 10.5. The maximum Gasteiger partial charge on any atom is 0.158 e. The number of benzene rings is 1. The lowest BCUT2D eigenvalue weighted by molar-refractivity contribution is 0.242. The molecule has 4 heteroatoms. The molecule has 0 radical (unpaired) electrons. The van der Waals surface area contributed by atoms with E-state index >= 15 is 0 Å². The minimum Gasteiger partial charge on any atom is -0.508 e. The molecule has 0 saturated carbocycles. The van der Waals surface area contributed by atoms with Crippen LogP contribution in [0.2, 0.25) is 0 Å². The quantitative estimate of drug-likeness (QED) is 0.860. The topological polar surface area (TPSA) is 47.3 Å². The van der Waals surface area contributed by atoms with Crippen LogP contribution in [0, 0.1) is 0 Å². The molecule has 1 heterocycles. The summed E-state index contributed by atoms with van der Waals surface area (Å²) < 4.78 is 7.16. The van der Waals surface area contributed by atoms with Gasteiger partial charge in [-0.1, -0.05) is 6.07 Å². The van der Waals surface area contributed by atoms with Crippen molar-refractivity contribution in [2.75, 3.05) is 0 Å². The van der Waals surface area contributed by atoms with Crippen LogP contribution in [-0.4, -0.2) is 21.0 Å². The first-order chi connectivity index (χ1) is 7.65. The highest BCUT2D eigenvalue weighted by Gasteiger charge is 2.03. The summed E-state index contributed by atoms with van der Waals surface area (Å²) >= 11 is 0. The number of phenolic OH excluding ortho intramolecular Hbond substituents is 1. The van der Waals surface area contributed by atoms with E-state index in [1.807, 2.05) is 19.9 Å². The Morgan fingerprint density at radius 3 is 2.88 bits per heavy atom. The summed E-state index contributed by atoms with van der Waals surface area (Å²) in [5, 5.41) is 13.5. The standard InChI is InChI=1S/C12H14N2O2/c1-9(2)16-12-7-13-14(8-12)10-4-3-5-11(15)6-10/h3-9,15H,1-2H3. The molecule has 0 spiro atoms. The molecule has 0 unspecified atom stereocenters. The third-order valence-electron chi connectivity index (χ3n) is 2.02. The maximum absolute atomic E-state index is 9.35. The van der Waals surface area contributed by atoms with E-state index in [1.54, 1.807) is 35.3 Å². The highest BCUT2D eigenvalue weighted by atomic mass is 16.5. The number of hydrogen-bond donors (Lipinski definition) is 1. The average molecular weight is 218 g/mol. The summed E-state index contributed by atoms with van der Waals surface area (Å²) in [5.41, 5.74) is 0.804. The number of aromatic hydroxyl groups is 1. The summed E-state index contributed by atoms with van der Waals surface area (Å²) in [4.78, 5) is 0. The molecule has 2 aromatic rings. The zero-order valence-electron chi connectivity index (χ0n) is 9.29. The van der Waals surface area contributed by atoms with Crippen LogP contribution in [0.1, 0.15) is 13.8 Å². The molecular weight excluding hydrogens is 204 g/mol. The van der Waals surface area contributed by atoms with Crippen LogP contribution in [-0.2, 0) is 0 Å². The number of phenols is 1. The molecule has 0 aliphatic carbocycles. The van der Waals surface area contributed by atoms with Gasteiger partial charge in [-0.2, -0.15) is 5.10 Å². The molecule has 84 valence electrons. The van der Waals surface area contributed by atoms with Gasteiger partial charge >= 0.3 is 0 Å². The number of nitrogens with zero attached hydrogens (tertiary/aromatic N) is 2. The molecule has 16 heavy (non-hydrogen) atoms. The molecular formula is C12H14N2O2. The molecule has 0 atom stereocenters. The van der Waals surface area contributed by atoms with Crippen molar-refractivity contribution in [3.05, 3.63) is 36.7 Å². The predicted molar refractivity (Wildman–Crippen MR) is 61.0 cm³/mol. The molecule has 0 aliphatic heterocycles. The van der Waals surface area contributed by atoms with Gasteiger partial charge in [0.05, 0.1) is 24.2 Å². The Balaban J connectivity index is 2.24. The molecule has 0 bridgehead atoms. The van der Waals surface area contributed by atoms with E-state index in [9.17, 15) is 5.11 Å². The van der Waals surface area contributed by atoms with Crippen molar-refractivity contribution in [1.29, 1.82) is 0 Å². The highest BCUT2D eigenvalue weighted by molar-refractivity contribution is 5.38. The van der Waals surface area contributed by atoms with Crippen molar-refractivity contribution >= 4 is 0 Å². The first-order valence-corrected chi connectivity index (χ1v) is 5.16. The Morgan fingerprint density at radius 2 is 2.19 bits per heavy atom. The van der Waals surface area contributed by atoms with E-state index in [-0.39, 0.29) is 11.9 Å². The Kier molecular flexibility index (Phi) is 2.81. The molecule has 4 nitrogen and oxygen atoms in total. The van der Waals surface area contributed by atoms with E-state index in [1.165, 1.54) is 0 Å².